The molecule has 2 aromatic carbocycles. The number of rotatable bonds is 6. The lowest BCUT2D eigenvalue weighted by atomic mass is 10.1. The van der Waals surface area contributed by atoms with Crippen molar-refractivity contribution in [3.63, 3.8) is 0 Å². The van der Waals surface area contributed by atoms with Crippen LogP contribution in [0.15, 0.2) is 47.5 Å². The van der Waals surface area contributed by atoms with E-state index in [0.29, 0.717) is 34.6 Å². The van der Waals surface area contributed by atoms with Crippen molar-refractivity contribution in [2.24, 2.45) is 11.1 Å². The standard InChI is InChI=1S/C19H19ClN4O3S/c20-16-4-2-1-3-12(16)7-8-22-14-9-17-15(18(10-14)28(21,26)27)11-24(23-17)19(25)13-5-6-13/h1-4,9-11,13,22H,5-8H2,(H2,21,26,27). The third kappa shape index (κ3) is 3.89. The van der Waals surface area contributed by atoms with Crippen LogP contribution in [0, 0.1) is 5.92 Å². The highest BCUT2D eigenvalue weighted by Crippen LogP contribution is 2.32. The van der Waals surface area contributed by atoms with Crippen LogP contribution < -0.4 is 10.5 Å². The van der Waals surface area contributed by atoms with E-state index in [-0.39, 0.29) is 16.7 Å². The van der Waals surface area contributed by atoms with Crippen LogP contribution in [-0.2, 0) is 16.4 Å². The highest BCUT2D eigenvalue weighted by molar-refractivity contribution is 7.89. The Morgan fingerprint density at radius 1 is 1.29 bits per heavy atom. The van der Waals surface area contributed by atoms with Crippen molar-refractivity contribution in [2.75, 3.05) is 11.9 Å². The quantitative estimate of drug-likeness (QED) is 0.639. The lowest BCUT2D eigenvalue weighted by Gasteiger charge is -2.09. The second-order valence-corrected chi connectivity index (χ2v) is 8.84. The maximum absolute atomic E-state index is 12.3. The van der Waals surface area contributed by atoms with E-state index in [2.05, 4.69) is 10.4 Å². The molecule has 1 heterocycles. The van der Waals surface area contributed by atoms with Crippen molar-refractivity contribution < 1.29 is 13.2 Å². The zero-order chi connectivity index (χ0) is 19.9. The van der Waals surface area contributed by atoms with Gasteiger partial charge in [-0.1, -0.05) is 29.8 Å². The molecule has 1 saturated carbocycles. The van der Waals surface area contributed by atoms with Crippen molar-refractivity contribution in [1.82, 2.24) is 9.78 Å². The molecular weight excluding hydrogens is 400 g/mol. The Labute approximate surface area is 167 Å². The van der Waals surface area contributed by atoms with Crippen LogP contribution in [-0.4, -0.2) is 30.7 Å². The summed E-state index contributed by atoms with van der Waals surface area (Å²) in [5.41, 5.74) is 1.96. The molecule has 4 rings (SSSR count). The summed E-state index contributed by atoms with van der Waals surface area (Å²) in [6, 6.07) is 10.7. The number of benzene rings is 2. The topological polar surface area (TPSA) is 107 Å². The molecule has 0 amide bonds. The minimum atomic E-state index is -3.98. The summed E-state index contributed by atoms with van der Waals surface area (Å²) in [7, 11) is -3.98. The first-order valence-corrected chi connectivity index (χ1v) is 10.8. The molecule has 9 heteroatoms. The van der Waals surface area contributed by atoms with Crippen molar-refractivity contribution in [2.45, 2.75) is 24.2 Å². The molecule has 3 aromatic rings. The molecule has 3 N–H and O–H groups in total. The van der Waals surface area contributed by atoms with Gasteiger partial charge in [-0.2, -0.15) is 5.10 Å². The van der Waals surface area contributed by atoms with Gasteiger partial charge in [0, 0.05) is 34.8 Å². The van der Waals surface area contributed by atoms with Crippen LogP contribution in [0.2, 0.25) is 5.02 Å². The number of carbonyl (C=O) groups excluding carboxylic acids is 1. The van der Waals surface area contributed by atoms with Crippen LogP contribution in [0.1, 0.15) is 23.2 Å². The van der Waals surface area contributed by atoms with Gasteiger partial charge in [0.25, 0.3) is 0 Å². The van der Waals surface area contributed by atoms with Gasteiger partial charge >= 0.3 is 0 Å². The molecule has 1 aromatic heterocycles. The SMILES string of the molecule is NS(=O)(=O)c1cc(NCCc2ccccc2Cl)cc2nn(C(=O)C3CC3)cc12. The van der Waals surface area contributed by atoms with Crippen LogP contribution >= 0.6 is 11.6 Å². The van der Waals surface area contributed by atoms with Gasteiger partial charge in [-0.15, -0.1) is 0 Å². The molecule has 0 spiro atoms. The van der Waals surface area contributed by atoms with E-state index >= 15 is 0 Å². The van der Waals surface area contributed by atoms with Gasteiger partial charge in [0.1, 0.15) is 0 Å². The number of primary sulfonamides is 1. The molecule has 0 radical (unpaired) electrons. The smallest absolute Gasteiger partial charge is 0.249 e. The largest absolute Gasteiger partial charge is 0.385 e. The van der Waals surface area contributed by atoms with Crippen molar-refractivity contribution >= 4 is 44.1 Å². The second-order valence-electron chi connectivity index (χ2n) is 6.91. The Morgan fingerprint density at radius 2 is 2.04 bits per heavy atom. The van der Waals surface area contributed by atoms with E-state index in [0.717, 1.165) is 18.4 Å². The van der Waals surface area contributed by atoms with E-state index in [4.69, 9.17) is 16.7 Å². The molecule has 0 aliphatic heterocycles. The van der Waals surface area contributed by atoms with E-state index in [1.165, 1.54) is 16.9 Å². The van der Waals surface area contributed by atoms with E-state index in [9.17, 15) is 13.2 Å². The van der Waals surface area contributed by atoms with Gasteiger partial charge in [-0.3, -0.25) is 4.79 Å². The highest BCUT2D eigenvalue weighted by atomic mass is 35.5. The van der Waals surface area contributed by atoms with Crippen LogP contribution in [0.4, 0.5) is 5.69 Å². The van der Waals surface area contributed by atoms with Gasteiger partial charge in [0.2, 0.25) is 15.9 Å². The Bertz CT molecular complexity index is 1170. The average molecular weight is 419 g/mol. The number of nitrogens with two attached hydrogens (primary N) is 1. The molecule has 0 atom stereocenters. The van der Waals surface area contributed by atoms with Gasteiger partial charge in [-0.25, -0.2) is 18.2 Å². The summed E-state index contributed by atoms with van der Waals surface area (Å²) >= 11 is 6.16. The van der Waals surface area contributed by atoms with Crippen LogP contribution in [0.5, 0.6) is 0 Å². The number of hydrogen-bond acceptors (Lipinski definition) is 5. The average Bonchev–Trinajstić information content (AvgIpc) is 3.40. The molecule has 1 aliphatic rings. The Hall–Kier alpha value is -2.42. The van der Waals surface area contributed by atoms with Crippen LogP contribution in [0.25, 0.3) is 10.9 Å². The fourth-order valence-corrected chi connectivity index (χ4v) is 4.09. The molecule has 0 bridgehead atoms. The molecule has 146 valence electrons. The van der Waals surface area contributed by atoms with E-state index in [1.54, 1.807) is 6.07 Å². The summed E-state index contributed by atoms with van der Waals surface area (Å²) in [5, 5.41) is 13.9. The Morgan fingerprint density at radius 3 is 2.71 bits per heavy atom. The number of hydrogen-bond donors (Lipinski definition) is 2. The summed E-state index contributed by atoms with van der Waals surface area (Å²) in [4.78, 5) is 12.2. The lowest BCUT2D eigenvalue weighted by molar-refractivity contribution is 0.0871. The van der Waals surface area contributed by atoms with E-state index < -0.39 is 10.0 Å². The minimum Gasteiger partial charge on any atom is -0.385 e. The maximum atomic E-state index is 12.3. The number of nitrogens with one attached hydrogen (secondary N) is 1. The molecule has 1 aliphatic carbocycles. The van der Waals surface area contributed by atoms with Crippen molar-refractivity contribution in [3.8, 4) is 0 Å². The monoisotopic (exact) mass is 418 g/mol. The van der Waals surface area contributed by atoms with Crippen molar-refractivity contribution in [1.29, 1.82) is 0 Å². The van der Waals surface area contributed by atoms with Crippen LogP contribution in [0.3, 0.4) is 0 Å². The predicted octanol–water partition coefficient (Wildman–Crippen LogP) is 3.04. The molecule has 7 nitrogen and oxygen atoms in total. The first-order chi connectivity index (χ1) is 13.3. The zero-order valence-electron chi connectivity index (χ0n) is 14.9. The Kier molecular flexibility index (Phi) is 4.86. The molecule has 28 heavy (non-hydrogen) atoms. The van der Waals surface area contributed by atoms with Gasteiger partial charge in [0.15, 0.2) is 0 Å². The normalized spacial score (nSPS) is 14.4. The molecule has 0 saturated heterocycles. The number of fused-ring (bicyclic) bond motifs is 1. The molecule has 0 unspecified atom stereocenters. The number of anilines is 1. The summed E-state index contributed by atoms with van der Waals surface area (Å²) < 4.78 is 25.4. The first-order valence-electron chi connectivity index (χ1n) is 8.90. The van der Waals surface area contributed by atoms with Crippen molar-refractivity contribution in [3.05, 3.63) is 53.2 Å². The number of nitrogens with zero attached hydrogens (tertiary/aromatic N) is 2. The predicted molar refractivity (Wildman–Crippen MR) is 108 cm³/mol. The van der Waals surface area contributed by atoms with Gasteiger partial charge in [-0.05, 0) is 43.0 Å². The number of sulfonamides is 1. The third-order valence-corrected chi connectivity index (χ3v) is 6.05. The fourth-order valence-electron chi connectivity index (χ4n) is 3.10. The molecule has 1 fully saturated rings. The fraction of sp³-hybridized carbons (Fsp3) is 0.263. The lowest BCUT2D eigenvalue weighted by Crippen LogP contribution is -2.13. The van der Waals surface area contributed by atoms with Gasteiger partial charge in [0.05, 0.1) is 10.4 Å². The minimum absolute atomic E-state index is 0.0273. The number of carbonyl (C=O) groups is 1. The summed E-state index contributed by atoms with van der Waals surface area (Å²) in [5.74, 6) is -0.148. The molecular formula is C19H19ClN4O3S. The third-order valence-electron chi connectivity index (χ3n) is 4.73. The maximum Gasteiger partial charge on any atom is 0.249 e. The Balaban J connectivity index is 1.63. The second kappa shape index (κ2) is 7.20. The first kappa shape index (κ1) is 18.9. The number of aromatic nitrogens is 2. The summed E-state index contributed by atoms with van der Waals surface area (Å²) in [6.45, 7) is 0.543. The zero-order valence-corrected chi connectivity index (χ0v) is 16.5. The van der Waals surface area contributed by atoms with Gasteiger partial charge < -0.3 is 5.32 Å². The van der Waals surface area contributed by atoms with E-state index in [1.807, 2.05) is 24.3 Å². The highest BCUT2D eigenvalue weighted by Gasteiger charge is 2.32. The summed E-state index contributed by atoms with van der Waals surface area (Å²) in [6.07, 6.45) is 3.79. The number of halogens is 1.